The van der Waals surface area contributed by atoms with Crippen molar-refractivity contribution in [3.05, 3.63) is 24.0 Å². The summed E-state index contributed by atoms with van der Waals surface area (Å²) in [6, 6.07) is 1.05. The highest BCUT2D eigenvalue weighted by molar-refractivity contribution is 5.82. The van der Waals surface area contributed by atoms with E-state index in [4.69, 9.17) is 20.3 Å². The number of piperidine rings is 2. The third-order valence-corrected chi connectivity index (χ3v) is 7.43. The third kappa shape index (κ3) is 10.5. The molecule has 0 aromatic carbocycles. The average Bonchev–Trinajstić information content (AvgIpc) is 2.93. The van der Waals surface area contributed by atoms with E-state index in [0.29, 0.717) is 82.2 Å². The average molecular weight is 576 g/mol. The molecule has 4 N–H and O–H groups in total. The second-order valence-corrected chi connectivity index (χ2v) is 11.9. The largest absolute Gasteiger partial charge is 0.491 e. The maximum Gasteiger partial charge on any atom is 0.407 e. The Hall–Kier alpha value is -3.41. The van der Waals surface area contributed by atoms with Crippen molar-refractivity contribution < 1.29 is 33.8 Å². The zero-order valence-electron chi connectivity index (χ0n) is 24.5. The van der Waals surface area contributed by atoms with Gasteiger partial charge < -0.3 is 35.4 Å². The van der Waals surface area contributed by atoms with E-state index in [9.17, 15) is 19.2 Å². The van der Waals surface area contributed by atoms with Gasteiger partial charge in [-0.3, -0.25) is 19.4 Å². The van der Waals surface area contributed by atoms with E-state index in [1.807, 2.05) is 0 Å². The number of nitrogens with zero attached hydrogens (tertiary/aromatic N) is 3. The molecule has 41 heavy (non-hydrogen) atoms. The van der Waals surface area contributed by atoms with Gasteiger partial charge in [0.25, 0.3) is 0 Å². The van der Waals surface area contributed by atoms with Gasteiger partial charge in [-0.25, -0.2) is 4.79 Å². The molecule has 1 unspecified atom stereocenters. The van der Waals surface area contributed by atoms with Crippen molar-refractivity contribution >= 4 is 23.9 Å². The molecule has 12 nitrogen and oxygen atoms in total. The molecule has 1 aromatic rings. The van der Waals surface area contributed by atoms with Crippen molar-refractivity contribution in [3.8, 4) is 5.75 Å². The quantitative estimate of drug-likeness (QED) is 0.337. The van der Waals surface area contributed by atoms with Gasteiger partial charge in [-0.2, -0.15) is 0 Å². The summed E-state index contributed by atoms with van der Waals surface area (Å²) < 4.78 is 11.1. The summed E-state index contributed by atoms with van der Waals surface area (Å²) in [5.41, 5.74) is 5.47. The summed E-state index contributed by atoms with van der Waals surface area (Å²) in [6.45, 7) is 7.93. The molecule has 0 bridgehead atoms. The number of carbonyl (C=O) groups excluding carboxylic acids is 3. The van der Waals surface area contributed by atoms with Gasteiger partial charge in [0.15, 0.2) is 0 Å². The van der Waals surface area contributed by atoms with Crippen LogP contribution >= 0.6 is 0 Å². The lowest BCUT2D eigenvalue weighted by atomic mass is 9.91. The highest BCUT2D eigenvalue weighted by atomic mass is 16.6. The second kappa shape index (κ2) is 15.0. The Labute approximate surface area is 241 Å². The predicted molar refractivity (Wildman–Crippen MR) is 151 cm³/mol. The van der Waals surface area contributed by atoms with Crippen LogP contribution in [0.5, 0.6) is 5.75 Å². The van der Waals surface area contributed by atoms with Crippen molar-refractivity contribution in [1.29, 1.82) is 0 Å². The Bertz CT molecular complexity index is 1050. The third-order valence-electron chi connectivity index (χ3n) is 7.43. The minimum absolute atomic E-state index is 0.0161. The summed E-state index contributed by atoms with van der Waals surface area (Å²) in [5, 5.41) is 12.1. The summed E-state index contributed by atoms with van der Waals surface area (Å²) >= 11 is 0. The Morgan fingerprint density at radius 1 is 1.12 bits per heavy atom. The fraction of sp³-hybridized carbons (Fsp3) is 0.690. The molecule has 0 saturated carbocycles. The number of nitrogens with one attached hydrogen (secondary N) is 1. The number of hydrogen-bond acceptors (Lipinski definition) is 8. The number of aromatic nitrogens is 1. The number of carboxylic acid groups (broad SMARTS) is 1. The van der Waals surface area contributed by atoms with Gasteiger partial charge in [-0.05, 0) is 70.4 Å². The molecule has 3 heterocycles. The van der Waals surface area contributed by atoms with E-state index in [1.165, 1.54) is 4.90 Å². The highest BCUT2D eigenvalue weighted by Gasteiger charge is 2.32. The maximum absolute atomic E-state index is 13.4. The molecule has 2 fully saturated rings. The standard InChI is InChI=1S/C29H45N5O7/c1-29(2,3)41-26(36)16-24(22-15-23(18-31-17-22)40-14-10-30)32-27(37)21-5-4-11-34(19-21)25(35)7-6-20-8-12-33(13-9-20)28(38)39/h15,17-18,20-21,24H,4-14,16,19,30H2,1-3H3,(H,32,37)(H,38,39)/t21-,24?/m1/s1. The molecule has 12 heteroatoms. The van der Waals surface area contributed by atoms with Gasteiger partial charge in [0.05, 0.1) is 24.6 Å². The zero-order chi connectivity index (χ0) is 30.0. The summed E-state index contributed by atoms with van der Waals surface area (Å²) in [6.07, 6.45) is 6.13. The van der Waals surface area contributed by atoms with Crippen LogP contribution in [-0.2, 0) is 19.1 Å². The molecule has 0 radical (unpaired) electrons. The van der Waals surface area contributed by atoms with Crippen LogP contribution in [0.1, 0.15) is 77.3 Å². The molecular weight excluding hydrogens is 530 g/mol. The van der Waals surface area contributed by atoms with Crippen LogP contribution in [0.25, 0.3) is 0 Å². The number of hydrogen-bond donors (Lipinski definition) is 3. The first kappa shape index (κ1) is 32.1. The van der Waals surface area contributed by atoms with Crippen molar-refractivity contribution in [2.24, 2.45) is 17.6 Å². The van der Waals surface area contributed by atoms with Gasteiger partial charge in [0.1, 0.15) is 18.0 Å². The van der Waals surface area contributed by atoms with Gasteiger partial charge in [-0.15, -0.1) is 0 Å². The topological polar surface area (TPSA) is 164 Å². The molecule has 2 aliphatic rings. The second-order valence-electron chi connectivity index (χ2n) is 11.9. The Morgan fingerprint density at radius 3 is 2.51 bits per heavy atom. The summed E-state index contributed by atoms with van der Waals surface area (Å²) in [7, 11) is 0. The first-order chi connectivity index (χ1) is 19.4. The summed E-state index contributed by atoms with van der Waals surface area (Å²) in [5.74, 6) is -0.263. The van der Waals surface area contributed by atoms with E-state index in [2.05, 4.69) is 10.3 Å². The molecule has 3 amide bonds. The van der Waals surface area contributed by atoms with E-state index in [1.54, 1.807) is 44.1 Å². The molecule has 2 saturated heterocycles. The Kier molecular flexibility index (Phi) is 11.7. The molecule has 1 aromatic heterocycles. The van der Waals surface area contributed by atoms with Crippen LogP contribution in [0, 0.1) is 11.8 Å². The highest BCUT2D eigenvalue weighted by Crippen LogP contribution is 2.26. The molecule has 0 aliphatic carbocycles. The van der Waals surface area contributed by atoms with Crippen LogP contribution < -0.4 is 15.8 Å². The number of ether oxygens (including phenoxy) is 2. The molecule has 228 valence electrons. The van der Waals surface area contributed by atoms with Crippen molar-refractivity contribution in [2.75, 3.05) is 39.3 Å². The lowest BCUT2D eigenvalue weighted by Crippen LogP contribution is -2.46. The van der Waals surface area contributed by atoms with Crippen LogP contribution in [-0.4, -0.2) is 88.7 Å². The van der Waals surface area contributed by atoms with Crippen LogP contribution in [0.15, 0.2) is 18.5 Å². The monoisotopic (exact) mass is 575 g/mol. The molecule has 2 aliphatic heterocycles. The Balaban J connectivity index is 1.60. The number of likely N-dealkylation sites (tertiary alicyclic amines) is 2. The number of amides is 3. The number of nitrogens with two attached hydrogens (primary N) is 1. The van der Waals surface area contributed by atoms with E-state index >= 15 is 0 Å². The first-order valence-electron chi connectivity index (χ1n) is 14.5. The lowest BCUT2D eigenvalue weighted by molar-refractivity contribution is -0.155. The van der Waals surface area contributed by atoms with Crippen molar-refractivity contribution in [2.45, 2.75) is 77.4 Å². The van der Waals surface area contributed by atoms with E-state index in [0.717, 1.165) is 12.8 Å². The smallest absolute Gasteiger partial charge is 0.407 e. The number of rotatable bonds is 11. The van der Waals surface area contributed by atoms with Gasteiger partial charge >= 0.3 is 12.1 Å². The lowest BCUT2D eigenvalue weighted by Gasteiger charge is -2.34. The zero-order valence-corrected chi connectivity index (χ0v) is 24.5. The normalized spacial score (nSPS) is 18.9. The number of carbonyl (C=O) groups is 4. The molecular formula is C29H45N5O7. The maximum atomic E-state index is 13.4. The minimum atomic E-state index is -0.894. The number of esters is 1. The van der Waals surface area contributed by atoms with Crippen molar-refractivity contribution in [1.82, 2.24) is 20.1 Å². The van der Waals surface area contributed by atoms with Gasteiger partial charge in [0, 0.05) is 45.3 Å². The van der Waals surface area contributed by atoms with E-state index in [-0.39, 0.29) is 18.2 Å². The fourth-order valence-corrected chi connectivity index (χ4v) is 5.29. The summed E-state index contributed by atoms with van der Waals surface area (Å²) in [4.78, 5) is 57.7. The molecule has 0 spiro atoms. The van der Waals surface area contributed by atoms with Crippen LogP contribution in [0.4, 0.5) is 4.79 Å². The van der Waals surface area contributed by atoms with Crippen LogP contribution in [0.2, 0.25) is 0 Å². The number of pyridine rings is 1. The van der Waals surface area contributed by atoms with Gasteiger partial charge in [-0.1, -0.05) is 0 Å². The first-order valence-corrected chi connectivity index (χ1v) is 14.5. The predicted octanol–water partition coefficient (Wildman–Crippen LogP) is 2.72. The molecule has 2 atom stereocenters. The Morgan fingerprint density at radius 2 is 1.85 bits per heavy atom. The fourth-order valence-electron chi connectivity index (χ4n) is 5.29. The minimum Gasteiger partial charge on any atom is -0.491 e. The van der Waals surface area contributed by atoms with E-state index < -0.39 is 29.6 Å². The molecule has 3 rings (SSSR count). The van der Waals surface area contributed by atoms with Crippen LogP contribution in [0.3, 0.4) is 0 Å². The van der Waals surface area contributed by atoms with Gasteiger partial charge in [0.2, 0.25) is 11.8 Å². The SMILES string of the molecule is CC(C)(C)OC(=O)CC(NC(=O)[C@@H]1CCCN(C(=O)CCC2CCN(C(=O)O)CC2)C1)c1cncc(OCCN)c1. The van der Waals surface area contributed by atoms with Crippen molar-refractivity contribution in [3.63, 3.8) is 0 Å².